The van der Waals surface area contributed by atoms with E-state index >= 15 is 0 Å². The number of amides is 3. The Bertz CT molecular complexity index is 322. The second-order valence-corrected chi connectivity index (χ2v) is 3.03. The lowest BCUT2D eigenvalue weighted by atomic mass is 10.2. The normalized spacial score (nSPS) is 20.6. The quantitative estimate of drug-likeness (QED) is 0.377. The van der Waals surface area contributed by atoms with Crippen molar-refractivity contribution in [2.75, 3.05) is 6.61 Å². The van der Waals surface area contributed by atoms with Crippen LogP contribution in [-0.4, -0.2) is 35.3 Å². The summed E-state index contributed by atoms with van der Waals surface area (Å²) in [6.45, 7) is 2.34. The molecule has 0 saturated carbocycles. The van der Waals surface area contributed by atoms with Gasteiger partial charge in [-0.2, -0.15) is 5.32 Å². The fourth-order valence-corrected chi connectivity index (χ4v) is 1.09. The molecule has 0 radical (unpaired) electrons. The molecule has 3 amide bonds. The highest BCUT2D eigenvalue weighted by Crippen LogP contribution is 2.00. The Balaban J connectivity index is 2.63. The van der Waals surface area contributed by atoms with Crippen molar-refractivity contribution in [1.29, 1.82) is 0 Å². The molecule has 1 unspecified atom stereocenters. The summed E-state index contributed by atoms with van der Waals surface area (Å²) >= 11 is 0. The number of urea groups is 1. The van der Waals surface area contributed by atoms with E-state index in [1.807, 2.05) is 12.2 Å². The van der Waals surface area contributed by atoms with Crippen LogP contribution in [0.15, 0.2) is 0 Å². The Morgan fingerprint density at radius 1 is 1.47 bits per heavy atom. The van der Waals surface area contributed by atoms with E-state index in [0.717, 1.165) is 12.8 Å². The lowest BCUT2D eigenvalue weighted by Crippen LogP contribution is -2.60. The number of carbonyl (C=O) groups excluding carboxylic acids is 2. The molecular weight excluding hydrogens is 200 g/mol. The van der Waals surface area contributed by atoms with Gasteiger partial charge in [-0.05, 0) is 6.42 Å². The third-order valence-electron chi connectivity index (χ3n) is 1.85. The summed E-state index contributed by atoms with van der Waals surface area (Å²) in [5.41, 5.74) is 8.57. The lowest BCUT2D eigenvalue weighted by molar-refractivity contribution is -0.131. The van der Waals surface area contributed by atoms with Gasteiger partial charge in [-0.25, -0.2) is 4.79 Å². The summed E-state index contributed by atoms with van der Waals surface area (Å²) in [5.74, 6) is -0.803. The van der Waals surface area contributed by atoms with E-state index in [-0.39, 0.29) is 5.84 Å². The van der Waals surface area contributed by atoms with Gasteiger partial charge in [0.2, 0.25) is 0 Å². The monoisotopic (exact) mass is 212 g/mol. The molecule has 0 spiro atoms. The van der Waals surface area contributed by atoms with Gasteiger partial charge in [-0.3, -0.25) is 10.1 Å². The fraction of sp³-hybridized carbons (Fsp3) is 0.625. The maximum absolute atomic E-state index is 11.3. The molecule has 0 aromatic rings. The number of nitrogens with one attached hydrogen (secondary N) is 2. The van der Waals surface area contributed by atoms with Gasteiger partial charge in [0.25, 0.3) is 12.0 Å². The highest BCUT2D eigenvalue weighted by Gasteiger charge is 2.39. The van der Waals surface area contributed by atoms with Crippen LogP contribution in [-0.2, 0) is 9.53 Å². The van der Waals surface area contributed by atoms with Crippen molar-refractivity contribution < 1.29 is 19.1 Å². The first-order valence-corrected chi connectivity index (χ1v) is 4.64. The average molecular weight is 212 g/mol. The van der Waals surface area contributed by atoms with E-state index in [1.165, 1.54) is 0 Å². The molecule has 2 N–H and O–H groups in total. The maximum Gasteiger partial charge on any atom is 0.414 e. The van der Waals surface area contributed by atoms with Crippen molar-refractivity contribution >= 4 is 17.8 Å². The molecule has 82 valence electrons. The zero-order valence-corrected chi connectivity index (χ0v) is 8.32. The van der Waals surface area contributed by atoms with Crippen LogP contribution in [0.5, 0.6) is 0 Å². The van der Waals surface area contributed by atoms with E-state index in [1.54, 1.807) is 0 Å². The molecule has 1 fully saturated rings. The SMILES string of the molecule is CCCCOC1C(=O)NC(=O)NC1=[N+]=[N-]. The number of ether oxygens (including phenoxy) is 1. The molecule has 0 aromatic heterocycles. The van der Waals surface area contributed by atoms with Gasteiger partial charge in [-0.15, -0.1) is 0 Å². The first-order chi connectivity index (χ1) is 7.19. The van der Waals surface area contributed by atoms with Crippen LogP contribution in [0, 0.1) is 0 Å². The van der Waals surface area contributed by atoms with Crippen LogP contribution in [0.4, 0.5) is 4.79 Å². The number of unbranched alkanes of at least 4 members (excludes halogenated alkanes) is 1. The molecule has 7 nitrogen and oxygen atoms in total. The summed E-state index contributed by atoms with van der Waals surface area (Å²) in [4.78, 5) is 24.9. The standard InChI is InChI=1S/C8H12N4O3/c1-2-3-4-15-5-6(12-9)10-8(14)11-7(5)13/h5H,2-4H2,1H3,(H2,10,11,13,14). The molecule has 15 heavy (non-hydrogen) atoms. The van der Waals surface area contributed by atoms with Gasteiger partial charge in [0.05, 0.1) is 0 Å². The summed E-state index contributed by atoms with van der Waals surface area (Å²) in [6.07, 6.45) is 0.669. The molecule has 1 heterocycles. The molecule has 1 rings (SSSR count). The molecule has 0 bridgehead atoms. The number of hydrogen-bond donors (Lipinski definition) is 2. The van der Waals surface area contributed by atoms with Crippen LogP contribution in [0.1, 0.15) is 19.8 Å². The van der Waals surface area contributed by atoms with E-state index in [2.05, 4.69) is 10.1 Å². The second kappa shape index (κ2) is 5.23. The Morgan fingerprint density at radius 3 is 2.80 bits per heavy atom. The van der Waals surface area contributed by atoms with Gasteiger partial charge in [0.1, 0.15) is 0 Å². The van der Waals surface area contributed by atoms with Crippen LogP contribution in [0.25, 0.3) is 5.53 Å². The molecular formula is C8H12N4O3. The molecule has 0 aliphatic carbocycles. The third-order valence-corrected chi connectivity index (χ3v) is 1.85. The van der Waals surface area contributed by atoms with Gasteiger partial charge in [0, 0.05) is 6.61 Å². The van der Waals surface area contributed by atoms with Crippen LogP contribution >= 0.6 is 0 Å². The Morgan fingerprint density at radius 2 is 2.20 bits per heavy atom. The van der Waals surface area contributed by atoms with E-state index in [0.29, 0.717) is 6.61 Å². The minimum absolute atomic E-state index is 0.181. The minimum Gasteiger partial charge on any atom is -0.497 e. The van der Waals surface area contributed by atoms with Crippen LogP contribution < -0.4 is 10.6 Å². The fourth-order valence-electron chi connectivity index (χ4n) is 1.09. The highest BCUT2D eigenvalue weighted by atomic mass is 16.5. The summed E-state index contributed by atoms with van der Waals surface area (Å²) < 4.78 is 5.17. The Hall–Kier alpha value is -1.72. The highest BCUT2D eigenvalue weighted by molar-refractivity contribution is 6.18. The van der Waals surface area contributed by atoms with E-state index in [9.17, 15) is 9.59 Å². The van der Waals surface area contributed by atoms with Crippen LogP contribution in [0.2, 0.25) is 0 Å². The number of nitrogens with zero attached hydrogens (tertiary/aromatic N) is 2. The van der Waals surface area contributed by atoms with Crippen molar-refractivity contribution in [3.05, 3.63) is 5.53 Å². The second-order valence-electron chi connectivity index (χ2n) is 3.03. The zero-order valence-electron chi connectivity index (χ0n) is 8.32. The Kier molecular flexibility index (Phi) is 3.96. The summed E-state index contributed by atoms with van der Waals surface area (Å²) in [5, 5.41) is 4.19. The largest absolute Gasteiger partial charge is 0.497 e. The summed E-state index contributed by atoms with van der Waals surface area (Å²) in [7, 11) is 0. The van der Waals surface area contributed by atoms with Crippen molar-refractivity contribution in [3.8, 4) is 0 Å². The lowest BCUT2D eigenvalue weighted by Gasteiger charge is -2.17. The van der Waals surface area contributed by atoms with Crippen molar-refractivity contribution in [2.45, 2.75) is 25.9 Å². The van der Waals surface area contributed by atoms with Crippen molar-refractivity contribution in [3.63, 3.8) is 0 Å². The number of carbonyl (C=O) groups is 2. The van der Waals surface area contributed by atoms with Gasteiger partial charge < -0.3 is 15.1 Å². The molecule has 1 saturated heterocycles. The zero-order chi connectivity index (χ0) is 11.3. The van der Waals surface area contributed by atoms with Crippen molar-refractivity contribution in [2.24, 2.45) is 0 Å². The molecule has 1 aliphatic heterocycles. The number of imide groups is 1. The van der Waals surface area contributed by atoms with E-state index in [4.69, 9.17) is 10.3 Å². The van der Waals surface area contributed by atoms with Gasteiger partial charge in [0.15, 0.2) is 0 Å². The molecule has 7 heteroatoms. The Labute approximate surface area is 86.4 Å². The molecule has 1 aliphatic rings. The predicted molar refractivity (Wildman–Crippen MR) is 49.9 cm³/mol. The molecule has 0 aromatic carbocycles. The van der Waals surface area contributed by atoms with Crippen LogP contribution in [0.3, 0.4) is 0 Å². The van der Waals surface area contributed by atoms with Gasteiger partial charge >= 0.3 is 11.9 Å². The third kappa shape index (κ3) is 2.87. The van der Waals surface area contributed by atoms with Gasteiger partial charge in [-0.1, -0.05) is 13.3 Å². The molecule has 1 atom stereocenters. The number of rotatable bonds is 4. The van der Waals surface area contributed by atoms with E-state index < -0.39 is 18.0 Å². The summed E-state index contributed by atoms with van der Waals surface area (Å²) in [6, 6.07) is -0.719. The van der Waals surface area contributed by atoms with Crippen molar-refractivity contribution in [1.82, 2.24) is 10.6 Å². The average Bonchev–Trinajstić information content (AvgIpc) is 2.20. The maximum atomic E-state index is 11.3. The predicted octanol–water partition coefficient (Wildman–Crippen LogP) is -0.361. The number of amidine groups is 1. The first kappa shape index (κ1) is 11.4. The topological polar surface area (TPSA) is 104 Å². The smallest absolute Gasteiger partial charge is 0.414 e. The first-order valence-electron chi connectivity index (χ1n) is 4.64. The minimum atomic E-state index is -1.04. The number of hydrogen-bond acceptors (Lipinski definition) is 3.